The maximum absolute atomic E-state index is 13.9. The van der Waals surface area contributed by atoms with E-state index in [-0.39, 0.29) is 106 Å². The summed E-state index contributed by atoms with van der Waals surface area (Å²) in [5, 5.41) is 0.755. The maximum Gasteiger partial charge on any atom is 1.00 e. The first-order chi connectivity index (χ1) is 24.8. The average Bonchev–Trinajstić information content (AvgIpc) is 3.10. The van der Waals surface area contributed by atoms with Gasteiger partial charge in [0.2, 0.25) is 0 Å². The SMILES string of the molecule is O=c1c2ccccc2nc(-c2ccc(OS(=O)(=O)[O-])cc2)n1Cc1cccc(Cn2c(-c3ccc(OS(=O)(=O)[O-])cc3)nc3ccccc3c2=O)c1.[Na+].[Na+]. The molecule has 7 aromatic rings. The van der Waals surface area contributed by atoms with Gasteiger partial charge in [-0.3, -0.25) is 18.7 Å². The number of para-hydroxylation sites is 2. The Morgan fingerprint density at radius 2 is 0.889 bits per heavy atom. The van der Waals surface area contributed by atoms with Crippen molar-refractivity contribution in [1.82, 2.24) is 19.1 Å². The molecule has 54 heavy (non-hydrogen) atoms. The Morgan fingerprint density at radius 3 is 1.26 bits per heavy atom. The van der Waals surface area contributed by atoms with E-state index in [2.05, 4.69) is 8.37 Å². The zero-order valence-electron chi connectivity index (χ0n) is 28.6. The summed E-state index contributed by atoms with van der Waals surface area (Å²) in [6.07, 6.45) is 0. The van der Waals surface area contributed by atoms with Crippen LogP contribution in [0.15, 0.2) is 131 Å². The first-order valence-electron chi connectivity index (χ1n) is 15.4. The number of hydrogen-bond acceptors (Lipinski definition) is 12. The first-order valence-corrected chi connectivity index (χ1v) is 18.1. The molecule has 0 radical (unpaired) electrons. The molecule has 0 unspecified atom stereocenters. The molecular formula is C36H24N4Na2O10S2. The molecule has 0 aliphatic heterocycles. The second kappa shape index (κ2) is 16.7. The molecule has 262 valence electrons. The van der Waals surface area contributed by atoms with Gasteiger partial charge in [-0.1, -0.05) is 48.5 Å². The molecule has 0 atom stereocenters. The fraction of sp³-hybridized carbons (Fsp3) is 0.0556. The quantitative estimate of drug-likeness (QED) is 0.0860. The van der Waals surface area contributed by atoms with E-state index in [0.29, 0.717) is 44.1 Å². The van der Waals surface area contributed by atoms with Crippen molar-refractivity contribution < 1.29 is 93.4 Å². The molecule has 0 aliphatic carbocycles. The van der Waals surface area contributed by atoms with Gasteiger partial charge >= 0.3 is 59.1 Å². The number of fused-ring (bicyclic) bond motifs is 2. The number of benzene rings is 5. The first kappa shape index (κ1) is 41.0. The minimum absolute atomic E-state index is 0. The molecule has 5 aromatic carbocycles. The molecule has 0 N–H and O–H groups in total. The predicted octanol–water partition coefficient (Wildman–Crippen LogP) is -1.78. The number of rotatable bonds is 10. The topological polar surface area (TPSA) is 203 Å². The Bertz CT molecular complexity index is 2660. The van der Waals surface area contributed by atoms with Crippen molar-refractivity contribution in [3.8, 4) is 34.3 Å². The van der Waals surface area contributed by atoms with Crippen molar-refractivity contribution in [3.63, 3.8) is 0 Å². The minimum atomic E-state index is -4.99. The van der Waals surface area contributed by atoms with E-state index in [4.69, 9.17) is 9.97 Å². The van der Waals surface area contributed by atoms with E-state index in [9.17, 15) is 35.5 Å². The van der Waals surface area contributed by atoms with Crippen LogP contribution in [0.25, 0.3) is 44.6 Å². The van der Waals surface area contributed by atoms with Crippen LogP contribution in [0.1, 0.15) is 11.1 Å². The monoisotopic (exact) mass is 782 g/mol. The van der Waals surface area contributed by atoms with Gasteiger partial charge in [-0.25, -0.2) is 26.8 Å². The Hall–Kier alpha value is -4.20. The third-order valence-corrected chi connectivity index (χ3v) is 8.81. The summed E-state index contributed by atoms with van der Waals surface area (Å²) in [5.41, 5.74) is 2.53. The largest absolute Gasteiger partial charge is 1.00 e. The van der Waals surface area contributed by atoms with Crippen LogP contribution in [0.5, 0.6) is 11.5 Å². The maximum atomic E-state index is 13.9. The fourth-order valence-electron chi connectivity index (χ4n) is 5.82. The summed E-state index contributed by atoms with van der Waals surface area (Å²) in [4.78, 5) is 37.3. The van der Waals surface area contributed by atoms with Crippen molar-refractivity contribution in [1.29, 1.82) is 0 Å². The van der Waals surface area contributed by atoms with Gasteiger partial charge in [-0.05, 0) is 83.9 Å². The summed E-state index contributed by atoms with van der Waals surface area (Å²) < 4.78 is 78.3. The van der Waals surface area contributed by atoms with Gasteiger partial charge in [0.05, 0.1) is 34.9 Å². The summed E-state index contributed by atoms with van der Waals surface area (Å²) in [6, 6.07) is 32.0. The van der Waals surface area contributed by atoms with E-state index < -0.39 is 20.8 Å². The van der Waals surface area contributed by atoms with Crippen molar-refractivity contribution in [2.24, 2.45) is 0 Å². The van der Waals surface area contributed by atoms with Gasteiger partial charge in [0.1, 0.15) is 23.1 Å². The summed E-state index contributed by atoms with van der Waals surface area (Å²) in [5.74, 6) is 0.164. The summed E-state index contributed by atoms with van der Waals surface area (Å²) in [7, 11) is -9.97. The molecule has 14 nitrogen and oxygen atoms in total. The number of nitrogens with zero attached hydrogens (tertiary/aromatic N) is 4. The van der Waals surface area contributed by atoms with E-state index in [0.717, 1.165) is 0 Å². The molecule has 0 saturated carbocycles. The molecule has 0 bridgehead atoms. The van der Waals surface area contributed by atoms with Crippen LogP contribution in [-0.2, 0) is 33.9 Å². The van der Waals surface area contributed by atoms with Gasteiger partial charge in [0, 0.05) is 11.1 Å². The van der Waals surface area contributed by atoms with E-state index in [1.807, 2.05) is 18.2 Å². The minimum Gasteiger partial charge on any atom is -0.716 e. The fourth-order valence-corrected chi connectivity index (χ4v) is 6.51. The van der Waals surface area contributed by atoms with E-state index >= 15 is 0 Å². The summed E-state index contributed by atoms with van der Waals surface area (Å²) in [6.45, 7) is 0.129. The van der Waals surface area contributed by atoms with Crippen molar-refractivity contribution in [2.75, 3.05) is 0 Å². The molecule has 0 aliphatic rings. The van der Waals surface area contributed by atoms with Gasteiger partial charge in [0.15, 0.2) is 0 Å². The van der Waals surface area contributed by atoms with Crippen LogP contribution >= 0.6 is 0 Å². The Labute approximate surface area is 352 Å². The normalized spacial score (nSPS) is 11.4. The standard InChI is InChI=1S/C36H26N4O10S2.2Na/c41-35-29-8-1-3-10-31(29)37-33(25-12-16-27(17-13-25)49-51(43,44)45)39(35)21-23-6-5-7-24(20-23)22-40-34(38-32-11-4-2-9-30(32)36(40)42)26-14-18-28(19-15-26)50-52(46,47)48;;/h1-20H,21-22H2,(H,43,44,45)(H,46,47,48);;/q;2*+1/p-2. The molecule has 2 aromatic heterocycles. The Kier molecular flexibility index (Phi) is 12.6. The van der Waals surface area contributed by atoms with Gasteiger partial charge in [0.25, 0.3) is 31.9 Å². The Balaban J connectivity index is 0.00000280. The van der Waals surface area contributed by atoms with Crippen LogP contribution in [0.2, 0.25) is 0 Å². The molecule has 18 heteroatoms. The van der Waals surface area contributed by atoms with E-state index in [1.165, 1.54) is 57.7 Å². The van der Waals surface area contributed by atoms with Gasteiger partial charge in [-0.2, -0.15) is 0 Å². The smallest absolute Gasteiger partial charge is 0.716 e. The molecule has 7 rings (SSSR count). The molecule has 2 heterocycles. The van der Waals surface area contributed by atoms with Crippen molar-refractivity contribution in [3.05, 3.63) is 153 Å². The van der Waals surface area contributed by atoms with Crippen LogP contribution in [0.4, 0.5) is 0 Å². The number of hydrogen-bond donors (Lipinski definition) is 0. The van der Waals surface area contributed by atoms with Crippen LogP contribution in [0.3, 0.4) is 0 Å². The van der Waals surface area contributed by atoms with Gasteiger partial charge in [-0.15, -0.1) is 0 Å². The third kappa shape index (κ3) is 9.35. The molecule has 0 amide bonds. The van der Waals surface area contributed by atoms with Gasteiger partial charge < -0.3 is 17.5 Å². The zero-order chi connectivity index (χ0) is 36.6. The molecule has 0 fully saturated rings. The molecular weight excluding hydrogens is 759 g/mol. The van der Waals surface area contributed by atoms with E-state index in [1.54, 1.807) is 54.6 Å². The van der Waals surface area contributed by atoms with Crippen LogP contribution in [0, 0.1) is 0 Å². The second-order valence-corrected chi connectivity index (χ2v) is 13.5. The number of aromatic nitrogens is 4. The molecule has 0 spiro atoms. The van der Waals surface area contributed by atoms with Crippen molar-refractivity contribution >= 4 is 42.6 Å². The summed E-state index contributed by atoms with van der Waals surface area (Å²) >= 11 is 0. The Morgan fingerprint density at radius 1 is 0.519 bits per heavy atom. The third-order valence-electron chi connectivity index (χ3n) is 8.02. The predicted molar refractivity (Wildman–Crippen MR) is 188 cm³/mol. The van der Waals surface area contributed by atoms with Crippen molar-refractivity contribution in [2.45, 2.75) is 13.1 Å². The second-order valence-electron chi connectivity index (χ2n) is 11.5. The zero-order valence-corrected chi connectivity index (χ0v) is 34.3. The van der Waals surface area contributed by atoms with Crippen LogP contribution in [-0.4, -0.2) is 45.0 Å². The van der Waals surface area contributed by atoms with Crippen LogP contribution < -0.4 is 78.6 Å². The molecule has 0 saturated heterocycles. The average molecular weight is 783 g/mol.